The molecule has 0 unspecified atom stereocenters. The van der Waals surface area contributed by atoms with E-state index in [-0.39, 0.29) is 5.91 Å². The number of nitrogens with zero attached hydrogens (tertiary/aromatic N) is 4. The summed E-state index contributed by atoms with van der Waals surface area (Å²) in [6.45, 7) is 1.65. The van der Waals surface area contributed by atoms with Crippen LogP contribution in [0, 0.1) is 5.92 Å². The largest absolute Gasteiger partial charge is 0.339 e. The fourth-order valence-electron chi connectivity index (χ4n) is 3.05. The number of hydrogen-bond donors (Lipinski definition) is 0. The van der Waals surface area contributed by atoms with Crippen molar-refractivity contribution in [2.24, 2.45) is 5.92 Å². The van der Waals surface area contributed by atoms with Gasteiger partial charge in [-0.1, -0.05) is 23.4 Å². The van der Waals surface area contributed by atoms with E-state index < -0.39 is 0 Å². The monoisotopic (exact) mass is 328 g/mol. The van der Waals surface area contributed by atoms with E-state index in [1.807, 2.05) is 54.2 Å². The quantitative estimate of drug-likeness (QED) is 0.844. The number of anilines is 1. The smallest absolute Gasteiger partial charge is 0.323 e. The Bertz CT molecular complexity index is 661. The average molecular weight is 328 g/mol. The predicted molar refractivity (Wildman–Crippen MR) is 92.0 cm³/mol. The van der Waals surface area contributed by atoms with Gasteiger partial charge < -0.3 is 14.3 Å². The molecule has 128 valence electrons. The Morgan fingerprint density at radius 1 is 1.25 bits per heavy atom. The van der Waals surface area contributed by atoms with E-state index in [9.17, 15) is 4.79 Å². The third-order valence-corrected chi connectivity index (χ3v) is 4.54. The van der Waals surface area contributed by atoms with Gasteiger partial charge in [0, 0.05) is 39.2 Å². The second-order valence-corrected chi connectivity index (χ2v) is 6.53. The van der Waals surface area contributed by atoms with Crippen LogP contribution in [0.15, 0.2) is 34.9 Å². The molecule has 1 aromatic carbocycles. The Hall–Kier alpha value is -2.37. The lowest BCUT2D eigenvalue weighted by molar-refractivity contribution is 0.0686. The molecular weight excluding hydrogens is 304 g/mol. The molecule has 2 aromatic rings. The van der Waals surface area contributed by atoms with Gasteiger partial charge in [-0.2, -0.15) is 4.98 Å². The summed E-state index contributed by atoms with van der Waals surface area (Å²) in [5.74, 6) is 1.52. The maximum atomic E-state index is 12.4. The third kappa shape index (κ3) is 3.93. The molecule has 1 aliphatic rings. The molecule has 6 nitrogen and oxygen atoms in total. The maximum absolute atomic E-state index is 12.4. The van der Waals surface area contributed by atoms with Crippen LogP contribution in [0.2, 0.25) is 0 Å². The standard InChI is InChI=1S/C18H24N4O2/c1-21(2)18-19-16(20-24-18)9-8-14-10-12-22(13-11-14)17(23)15-6-4-3-5-7-15/h3-7,14H,8-13H2,1-2H3. The summed E-state index contributed by atoms with van der Waals surface area (Å²) in [7, 11) is 3.77. The summed E-state index contributed by atoms with van der Waals surface area (Å²) in [4.78, 5) is 20.6. The van der Waals surface area contributed by atoms with Gasteiger partial charge in [0.05, 0.1) is 0 Å². The topological polar surface area (TPSA) is 62.5 Å². The van der Waals surface area contributed by atoms with Crippen molar-refractivity contribution in [2.75, 3.05) is 32.1 Å². The van der Waals surface area contributed by atoms with Crippen LogP contribution in [-0.2, 0) is 6.42 Å². The van der Waals surface area contributed by atoms with Gasteiger partial charge in [-0.25, -0.2) is 0 Å². The molecule has 0 N–H and O–H groups in total. The van der Waals surface area contributed by atoms with E-state index in [2.05, 4.69) is 10.1 Å². The number of aromatic nitrogens is 2. The van der Waals surface area contributed by atoms with E-state index in [0.717, 1.165) is 50.2 Å². The number of carbonyl (C=O) groups excluding carboxylic acids is 1. The molecule has 1 fully saturated rings. The van der Waals surface area contributed by atoms with E-state index >= 15 is 0 Å². The molecule has 0 atom stereocenters. The molecule has 1 amide bonds. The van der Waals surface area contributed by atoms with E-state index in [4.69, 9.17) is 4.52 Å². The average Bonchev–Trinajstić information content (AvgIpc) is 3.10. The molecule has 1 aromatic heterocycles. The Morgan fingerprint density at radius 2 is 1.96 bits per heavy atom. The van der Waals surface area contributed by atoms with Crippen LogP contribution in [0.25, 0.3) is 0 Å². The summed E-state index contributed by atoms with van der Waals surface area (Å²) in [5.41, 5.74) is 0.777. The first-order chi connectivity index (χ1) is 11.6. The predicted octanol–water partition coefficient (Wildman–Crippen LogP) is 2.62. The van der Waals surface area contributed by atoms with Crippen molar-refractivity contribution in [3.63, 3.8) is 0 Å². The Balaban J connectivity index is 1.46. The van der Waals surface area contributed by atoms with Gasteiger partial charge in [0.25, 0.3) is 5.91 Å². The summed E-state index contributed by atoms with van der Waals surface area (Å²) in [6.07, 6.45) is 3.95. The molecule has 6 heteroatoms. The van der Waals surface area contributed by atoms with Crippen molar-refractivity contribution in [3.05, 3.63) is 41.7 Å². The molecule has 0 spiro atoms. The molecule has 0 aliphatic carbocycles. The lowest BCUT2D eigenvalue weighted by Crippen LogP contribution is -2.38. The van der Waals surface area contributed by atoms with Gasteiger partial charge in [0.15, 0.2) is 5.82 Å². The zero-order valence-corrected chi connectivity index (χ0v) is 14.3. The summed E-state index contributed by atoms with van der Waals surface area (Å²) in [6, 6.07) is 10.1. The number of aryl methyl sites for hydroxylation is 1. The molecule has 1 aliphatic heterocycles. The van der Waals surface area contributed by atoms with Crippen molar-refractivity contribution in [3.8, 4) is 0 Å². The highest BCUT2D eigenvalue weighted by Crippen LogP contribution is 2.23. The second kappa shape index (κ2) is 7.47. The van der Waals surface area contributed by atoms with Crippen LogP contribution < -0.4 is 4.90 Å². The number of amides is 1. The van der Waals surface area contributed by atoms with Crippen LogP contribution in [0.5, 0.6) is 0 Å². The Labute approximate surface area is 142 Å². The SMILES string of the molecule is CN(C)c1nc(CCC2CCN(C(=O)c3ccccc3)CC2)no1. The Kier molecular flexibility index (Phi) is 5.13. The highest BCUT2D eigenvalue weighted by atomic mass is 16.5. The molecule has 2 heterocycles. The minimum atomic E-state index is 0.142. The van der Waals surface area contributed by atoms with E-state index in [1.54, 1.807) is 0 Å². The highest BCUT2D eigenvalue weighted by Gasteiger charge is 2.23. The lowest BCUT2D eigenvalue weighted by Gasteiger charge is -2.32. The van der Waals surface area contributed by atoms with Gasteiger partial charge in [0.2, 0.25) is 0 Å². The zero-order chi connectivity index (χ0) is 16.9. The van der Waals surface area contributed by atoms with Crippen molar-refractivity contribution in [1.29, 1.82) is 0 Å². The van der Waals surface area contributed by atoms with Crippen LogP contribution in [0.1, 0.15) is 35.4 Å². The van der Waals surface area contributed by atoms with Gasteiger partial charge in [-0.15, -0.1) is 0 Å². The normalized spacial score (nSPS) is 15.5. The molecule has 0 radical (unpaired) electrons. The number of rotatable bonds is 5. The molecule has 0 saturated carbocycles. The van der Waals surface area contributed by atoms with Gasteiger partial charge in [0.1, 0.15) is 0 Å². The van der Waals surface area contributed by atoms with Crippen LogP contribution >= 0.6 is 0 Å². The summed E-state index contributed by atoms with van der Waals surface area (Å²) in [5, 5.41) is 4.01. The molecule has 3 rings (SSSR count). The third-order valence-electron chi connectivity index (χ3n) is 4.54. The second-order valence-electron chi connectivity index (χ2n) is 6.53. The van der Waals surface area contributed by atoms with Gasteiger partial charge in [-0.05, 0) is 37.3 Å². The molecular formula is C18H24N4O2. The lowest BCUT2D eigenvalue weighted by atomic mass is 9.92. The van der Waals surface area contributed by atoms with Gasteiger partial charge in [-0.3, -0.25) is 4.79 Å². The fraction of sp³-hybridized carbons (Fsp3) is 0.500. The van der Waals surface area contributed by atoms with E-state index in [0.29, 0.717) is 11.9 Å². The molecule has 1 saturated heterocycles. The van der Waals surface area contributed by atoms with Crippen LogP contribution in [0.4, 0.5) is 6.01 Å². The minimum absolute atomic E-state index is 0.142. The number of carbonyl (C=O) groups is 1. The van der Waals surface area contributed by atoms with Crippen molar-refractivity contribution < 1.29 is 9.32 Å². The zero-order valence-electron chi connectivity index (χ0n) is 14.3. The first kappa shape index (κ1) is 16.5. The highest BCUT2D eigenvalue weighted by molar-refractivity contribution is 5.94. The van der Waals surface area contributed by atoms with Crippen molar-refractivity contribution in [2.45, 2.75) is 25.7 Å². The van der Waals surface area contributed by atoms with E-state index in [1.165, 1.54) is 0 Å². The minimum Gasteiger partial charge on any atom is -0.339 e. The first-order valence-electron chi connectivity index (χ1n) is 8.47. The van der Waals surface area contributed by atoms with Crippen molar-refractivity contribution >= 4 is 11.9 Å². The van der Waals surface area contributed by atoms with Gasteiger partial charge >= 0.3 is 6.01 Å². The molecule has 24 heavy (non-hydrogen) atoms. The first-order valence-corrected chi connectivity index (χ1v) is 8.47. The van der Waals surface area contributed by atoms with Crippen LogP contribution in [-0.4, -0.2) is 48.1 Å². The van der Waals surface area contributed by atoms with Crippen molar-refractivity contribution in [1.82, 2.24) is 15.0 Å². The number of likely N-dealkylation sites (tertiary alicyclic amines) is 1. The number of piperidine rings is 1. The van der Waals surface area contributed by atoms with Crippen LogP contribution in [0.3, 0.4) is 0 Å². The fourth-order valence-corrected chi connectivity index (χ4v) is 3.05. The number of hydrogen-bond acceptors (Lipinski definition) is 5. The maximum Gasteiger partial charge on any atom is 0.323 e. The molecule has 0 bridgehead atoms. The number of benzene rings is 1. The summed E-state index contributed by atoms with van der Waals surface area (Å²) >= 11 is 0. The summed E-state index contributed by atoms with van der Waals surface area (Å²) < 4.78 is 5.18. The Morgan fingerprint density at radius 3 is 2.58 bits per heavy atom.